The molecule has 0 radical (unpaired) electrons. The van der Waals surface area contributed by atoms with Crippen molar-refractivity contribution in [2.75, 3.05) is 37.5 Å². The predicted molar refractivity (Wildman–Crippen MR) is 156 cm³/mol. The number of rotatable bonds is 9. The van der Waals surface area contributed by atoms with Crippen LogP contribution < -0.4 is 14.4 Å². The number of nitrogens with zero attached hydrogens (tertiary/aromatic N) is 4. The first kappa shape index (κ1) is 26.6. The van der Waals surface area contributed by atoms with E-state index in [2.05, 4.69) is 100 Å². The molecule has 0 saturated carbocycles. The molecule has 3 aromatic carbocycles. The summed E-state index contributed by atoms with van der Waals surface area (Å²) in [5.74, 6) is -0.245. The van der Waals surface area contributed by atoms with Crippen LogP contribution >= 0.6 is 0 Å². The summed E-state index contributed by atoms with van der Waals surface area (Å²) in [5.41, 5.74) is 8.60. The van der Waals surface area contributed by atoms with Crippen molar-refractivity contribution in [3.63, 3.8) is 0 Å². The highest BCUT2D eigenvalue weighted by atomic mass is 19.1. The first-order valence-corrected chi connectivity index (χ1v) is 12.9. The van der Waals surface area contributed by atoms with Crippen LogP contribution in [-0.4, -0.2) is 27.7 Å². The Kier molecular flexibility index (Phi) is 8.55. The molecule has 5 heteroatoms. The standard InChI is InChI=1S/C33H34FN4/c1-5-38-32(18-9-25-7-16-30(17-8-25)36(2)3)23-28(24-33(38)27-10-14-29(34)15-11-27)26-12-19-31(20-13-26)37(4)22-6-21-35/h7-20,23-24H,5-6,22H2,1-4H3/q+1. The van der Waals surface area contributed by atoms with E-state index in [0.717, 1.165) is 51.6 Å². The number of halogens is 1. The van der Waals surface area contributed by atoms with Crippen LogP contribution in [0.1, 0.15) is 24.6 Å². The molecule has 0 fully saturated rings. The van der Waals surface area contributed by atoms with Crippen LogP contribution in [-0.2, 0) is 6.54 Å². The lowest BCUT2D eigenvalue weighted by Crippen LogP contribution is -2.38. The minimum Gasteiger partial charge on any atom is -0.378 e. The minimum atomic E-state index is -0.245. The summed E-state index contributed by atoms with van der Waals surface area (Å²) in [4.78, 5) is 4.17. The Hall–Kier alpha value is -4.43. The van der Waals surface area contributed by atoms with E-state index in [9.17, 15) is 4.39 Å². The molecular formula is C33H34FN4+. The number of anilines is 2. The number of aromatic nitrogens is 1. The van der Waals surface area contributed by atoms with Gasteiger partial charge in [0.2, 0.25) is 11.4 Å². The lowest BCUT2D eigenvalue weighted by molar-refractivity contribution is -0.684. The molecule has 0 saturated heterocycles. The molecule has 0 spiro atoms. The SMILES string of the molecule is CC[n+]1c(/C=C/c2ccc(N(C)C)cc2)cc(-c2ccc(N(C)CCC#N)cc2)cc1-c1ccc(F)cc1. The highest BCUT2D eigenvalue weighted by molar-refractivity contribution is 5.75. The average molecular weight is 506 g/mol. The monoisotopic (exact) mass is 505 g/mol. The van der Waals surface area contributed by atoms with E-state index in [4.69, 9.17) is 5.26 Å². The van der Waals surface area contributed by atoms with Crippen molar-refractivity contribution >= 4 is 23.5 Å². The maximum atomic E-state index is 13.7. The van der Waals surface area contributed by atoms with Gasteiger partial charge in [-0.25, -0.2) is 4.39 Å². The summed E-state index contributed by atoms with van der Waals surface area (Å²) >= 11 is 0. The van der Waals surface area contributed by atoms with Crippen molar-refractivity contribution in [1.29, 1.82) is 5.26 Å². The smallest absolute Gasteiger partial charge is 0.213 e. The van der Waals surface area contributed by atoms with Gasteiger partial charge in [0.1, 0.15) is 12.4 Å². The van der Waals surface area contributed by atoms with E-state index in [-0.39, 0.29) is 5.82 Å². The third-order valence-electron chi connectivity index (χ3n) is 6.71. The molecule has 0 bridgehead atoms. The number of hydrogen-bond acceptors (Lipinski definition) is 3. The van der Waals surface area contributed by atoms with Crippen LogP contribution in [0.25, 0.3) is 34.5 Å². The molecule has 4 aromatic rings. The Labute approximate surface area is 225 Å². The molecule has 0 unspecified atom stereocenters. The summed E-state index contributed by atoms with van der Waals surface area (Å²) in [6.45, 7) is 3.59. The van der Waals surface area contributed by atoms with Crippen LogP contribution in [0.4, 0.5) is 15.8 Å². The Balaban J connectivity index is 1.77. The van der Waals surface area contributed by atoms with Gasteiger partial charge < -0.3 is 9.80 Å². The molecule has 1 aromatic heterocycles. The quantitative estimate of drug-likeness (QED) is 0.229. The zero-order valence-corrected chi connectivity index (χ0v) is 22.5. The molecule has 4 nitrogen and oxygen atoms in total. The molecule has 0 aliphatic carbocycles. The van der Waals surface area contributed by atoms with Gasteiger partial charge in [-0.2, -0.15) is 9.83 Å². The Morgan fingerprint density at radius 1 is 0.789 bits per heavy atom. The van der Waals surface area contributed by atoms with E-state index in [1.165, 1.54) is 12.1 Å². The molecule has 4 rings (SSSR count). The molecule has 0 amide bonds. The van der Waals surface area contributed by atoms with Crippen LogP contribution in [0.3, 0.4) is 0 Å². The molecule has 0 N–H and O–H groups in total. The van der Waals surface area contributed by atoms with Gasteiger partial charge in [0.15, 0.2) is 0 Å². The zero-order chi connectivity index (χ0) is 27.1. The van der Waals surface area contributed by atoms with E-state index in [1.807, 2.05) is 33.3 Å². The predicted octanol–water partition coefficient (Wildman–Crippen LogP) is 7.05. The summed E-state index contributed by atoms with van der Waals surface area (Å²) in [6, 6.07) is 30.2. The van der Waals surface area contributed by atoms with Gasteiger partial charge in [0, 0.05) is 62.8 Å². The van der Waals surface area contributed by atoms with Crippen molar-refractivity contribution in [2.24, 2.45) is 0 Å². The first-order chi connectivity index (χ1) is 18.4. The van der Waals surface area contributed by atoms with Gasteiger partial charge in [-0.3, -0.25) is 0 Å². The van der Waals surface area contributed by atoms with Crippen LogP contribution in [0.5, 0.6) is 0 Å². The Morgan fingerprint density at radius 3 is 2.03 bits per heavy atom. The molecule has 38 heavy (non-hydrogen) atoms. The molecule has 0 aliphatic heterocycles. The van der Waals surface area contributed by atoms with E-state index in [0.29, 0.717) is 13.0 Å². The number of nitriles is 1. The summed E-state index contributed by atoms with van der Waals surface area (Å²) < 4.78 is 16.0. The maximum Gasteiger partial charge on any atom is 0.213 e. The highest BCUT2D eigenvalue weighted by Crippen LogP contribution is 2.28. The second-order valence-corrected chi connectivity index (χ2v) is 9.50. The van der Waals surface area contributed by atoms with Crippen LogP contribution in [0.15, 0.2) is 84.9 Å². The largest absolute Gasteiger partial charge is 0.378 e. The fourth-order valence-corrected chi connectivity index (χ4v) is 4.48. The summed E-state index contributed by atoms with van der Waals surface area (Å²) in [5, 5.41) is 8.90. The van der Waals surface area contributed by atoms with Gasteiger partial charge in [-0.1, -0.05) is 24.3 Å². The van der Waals surface area contributed by atoms with Crippen LogP contribution in [0.2, 0.25) is 0 Å². The second kappa shape index (κ2) is 12.2. The number of hydrogen-bond donors (Lipinski definition) is 0. The van der Waals surface area contributed by atoms with Gasteiger partial charge in [0.25, 0.3) is 0 Å². The molecule has 192 valence electrons. The summed E-state index contributed by atoms with van der Waals surface area (Å²) in [6.07, 6.45) is 4.77. The highest BCUT2D eigenvalue weighted by Gasteiger charge is 2.19. The maximum absolute atomic E-state index is 13.7. The third kappa shape index (κ3) is 6.27. The minimum absolute atomic E-state index is 0.245. The van der Waals surface area contributed by atoms with E-state index in [1.54, 1.807) is 0 Å². The van der Waals surface area contributed by atoms with E-state index < -0.39 is 0 Å². The van der Waals surface area contributed by atoms with Gasteiger partial charge >= 0.3 is 0 Å². The number of pyridine rings is 1. The fourth-order valence-electron chi connectivity index (χ4n) is 4.48. The fraction of sp³-hybridized carbons (Fsp3) is 0.212. The van der Waals surface area contributed by atoms with Gasteiger partial charge in [-0.15, -0.1) is 0 Å². The zero-order valence-electron chi connectivity index (χ0n) is 22.5. The lowest BCUT2D eigenvalue weighted by Gasteiger charge is -2.18. The molecule has 0 aliphatic rings. The van der Waals surface area contributed by atoms with Gasteiger partial charge in [0.05, 0.1) is 12.5 Å². The molecule has 0 atom stereocenters. The summed E-state index contributed by atoms with van der Waals surface area (Å²) in [7, 11) is 6.07. The Bertz CT molecular complexity index is 1430. The molecular weight excluding hydrogens is 471 g/mol. The second-order valence-electron chi connectivity index (χ2n) is 9.50. The van der Waals surface area contributed by atoms with Crippen molar-refractivity contribution in [2.45, 2.75) is 19.9 Å². The van der Waals surface area contributed by atoms with Crippen molar-refractivity contribution in [3.05, 3.63) is 102 Å². The topological polar surface area (TPSA) is 34.1 Å². The van der Waals surface area contributed by atoms with Gasteiger partial charge in [-0.05, 0) is 78.2 Å². The van der Waals surface area contributed by atoms with Crippen molar-refractivity contribution < 1.29 is 8.96 Å². The van der Waals surface area contributed by atoms with Crippen molar-refractivity contribution in [1.82, 2.24) is 0 Å². The van der Waals surface area contributed by atoms with Crippen molar-refractivity contribution in [3.8, 4) is 28.5 Å². The average Bonchev–Trinajstić information content (AvgIpc) is 2.95. The Morgan fingerprint density at radius 2 is 1.42 bits per heavy atom. The first-order valence-electron chi connectivity index (χ1n) is 12.9. The normalized spacial score (nSPS) is 10.9. The lowest BCUT2D eigenvalue weighted by atomic mass is 10.0. The van der Waals surface area contributed by atoms with E-state index >= 15 is 0 Å². The number of benzene rings is 3. The third-order valence-corrected chi connectivity index (χ3v) is 6.71. The molecule has 1 heterocycles. The van der Waals surface area contributed by atoms with Crippen LogP contribution in [0, 0.1) is 17.1 Å².